The molecule has 3 aromatic rings. The highest BCUT2D eigenvalue weighted by molar-refractivity contribution is 5.97. The number of aliphatic hydroxyl groups excluding tert-OH is 2. The number of nitrogens with one attached hydrogen (secondary N) is 11. The second-order valence-corrected chi connectivity index (χ2v) is 18.8. The molecule has 5 atom stereocenters. The number of likely N-dealkylation sites (N-methyl/N-ethyl adjacent to an activating group) is 1. The minimum Gasteiger partial charge on any atom is -0.394 e. The van der Waals surface area contributed by atoms with Gasteiger partial charge >= 0.3 is 0 Å². The monoisotopic (exact) mass is 1100 g/mol. The summed E-state index contributed by atoms with van der Waals surface area (Å²) in [5.41, 5.74) is 0.733. The average molecular weight is 1100 g/mol. The van der Waals surface area contributed by atoms with Crippen LogP contribution in [0.2, 0.25) is 0 Å². The molecule has 436 valence electrons. The van der Waals surface area contributed by atoms with E-state index in [0.29, 0.717) is 37.2 Å². The number of ether oxygens (including phenoxy) is 2. The molecule has 0 unspecified atom stereocenters. The Morgan fingerprint density at radius 2 is 1.08 bits per heavy atom. The van der Waals surface area contributed by atoms with Crippen molar-refractivity contribution in [1.29, 1.82) is 0 Å². The predicted octanol–water partition coefficient (Wildman–Crippen LogP) is -1.25. The summed E-state index contributed by atoms with van der Waals surface area (Å²) >= 11 is 0. The minimum atomic E-state index is -1.70. The molecule has 0 spiro atoms. The van der Waals surface area contributed by atoms with Crippen molar-refractivity contribution >= 4 is 47.3 Å². The third-order valence-electron chi connectivity index (χ3n) is 12.4. The Kier molecular flexibility index (Phi) is 33.8. The zero-order valence-corrected chi connectivity index (χ0v) is 45.2. The molecule has 28 nitrogen and oxygen atoms in total. The van der Waals surface area contributed by atoms with Crippen LogP contribution in [-0.2, 0) is 67.1 Å². The quantitative estimate of drug-likeness (QED) is 0.0294. The molecule has 0 fully saturated rings. The highest BCUT2D eigenvalue weighted by Crippen LogP contribution is 2.14. The zero-order chi connectivity index (χ0) is 56.6. The van der Waals surface area contributed by atoms with E-state index in [0.717, 1.165) is 44.3 Å². The van der Waals surface area contributed by atoms with Crippen molar-refractivity contribution < 1.29 is 58.0 Å². The number of carbonyl (C=O) groups excluding carboxylic acids is 8. The van der Waals surface area contributed by atoms with Gasteiger partial charge in [0, 0.05) is 51.7 Å². The second-order valence-electron chi connectivity index (χ2n) is 18.8. The van der Waals surface area contributed by atoms with Crippen LogP contribution < -0.4 is 42.5 Å². The number of nitrogens with zero attached hydrogens (tertiary/aromatic N) is 5. The van der Waals surface area contributed by atoms with E-state index in [1.165, 1.54) is 89.9 Å². The number of aromatic nitrogens is 8. The van der Waals surface area contributed by atoms with Gasteiger partial charge < -0.3 is 72.2 Å². The third kappa shape index (κ3) is 28.5. The molecule has 3 rings (SSSR count). The van der Waals surface area contributed by atoms with Crippen molar-refractivity contribution in [3.63, 3.8) is 0 Å². The summed E-state index contributed by atoms with van der Waals surface area (Å²) in [6.07, 6.45) is 23.8. The Labute approximate surface area is 454 Å². The lowest BCUT2D eigenvalue weighted by atomic mass is 10.0. The normalized spacial score (nSPS) is 13.0. The van der Waals surface area contributed by atoms with Gasteiger partial charge in [0.05, 0.1) is 63.6 Å². The molecule has 0 saturated carbocycles. The molecule has 0 aliphatic heterocycles. The summed E-state index contributed by atoms with van der Waals surface area (Å²) in [6, 6.07) is -6.93. The standard InChI is InChI=1S/C50H84N16O12/c1-3-4-18-37(46(72)51-2)59-47(73)38(25-35-27-52-33-56-35)60-48(74)39(26-36-28-53-34-57-36)61-50(76)41(31-68)62-49(75)40(30-67)58-44(70)29-55-45(71)32-78-24-23-77-22-21-54-43(69)20-17-15-13-11-9-7-5-6-8-10-12-14-16-19-42-63-65-66-64-42/h27-28,33-34,37-41,67-68H,3-26,29-32H2,1-2H3,(H,51,72)(H,52,56)(H,53,57)(H,54,69)(H,55,71)(H,58,70)(H,59,73)(H,60,74)(H,61,76)(H,62,75)(H,63,64,65,66)/t37-,38-,39-,40-,41+/m0/s1. The van der Waals surface area contributed by atoms with Crippen LogP contribution in [0.25, 0.3) is 0 Å². The number of unbranched alkanes of at least 4 members (excludes halogenated alkanes) is 13. The first-order valence-corrected chi connectivity index (χ1v) is 27.2. The van der Waals surface area contributed by atoms with Crippen molar-refractivity contribution in [1.82, 2.24) is 83.1 Å². The molecule has 0 aromatic carbocycles. The van der Waals surface area contributed by atoms with Crippen molar-refractivity contribution in [3.8, 4) is 0 Å². The van der Waals surface area contributed by atoms with Gasteiger partial charge in [0.15, 0.2) is 0 Å². The van der Waals surface area contributed by atoms with Crippen LogP contribution in [-0.4, -0.2) is 188 Å². The maximum Gasteiger partial charge on any atom is 0.246 e. The zero-order valence-electron chi connectivity index (χ0n) is 45.2. The molecule has 0 bridgehead atoms. The molecule has 0 aliphatic rings. The lowest BCUT2D eigenvalue weighted by molar-refractivity contribution is -0.136. The molecule has 78 heavy (non-hydrogen) atoms. The molecular weight excluding hydrogens is 1020 g/mol. The number of aromatic amines is 3. The van der Waals surface area contributed by atoms with E-state index < -0.39 is 97.9 Å². The van der Waals surface area contributed by atoms with Crippen molar-refractivity contribution in [2.45, 2.75) is 166 Å². The van der Waals surface area contributed by atoms with Gasteiger partial charge in [0.2, 0.25) is 47.3 Å². The number of tetrazole rings is 1. The fourth-order valence-electron chi connectivity index (χ4n) is 7.99. The van der Waals surface area contributed by atoms with Crippen molar-refractivity contribution in [3.05, 3.63) is 42.3 Å². The molecular formula is C50H84N16O12. The summed E-state index contributed by atoms with van der Waals surface area (Å²) in [7, 11) is 1.44. The summed E-state index contributed by atoms with van der Waals surface area (Å²) in [4.78, 5) is 118. The Morgan fingerprint density at radius 3 is 1.59 bits per heavy atom. The Bertz CT molecular complexity index is 2150. The molecule has 3 aromatic heterocycles. The van der Waals surface area contributed by atoms with Gasteiger partial charge in [-0.15, -0.1) is 5.10 Å². The molecule has 8 amide bonds. The van der Waals surface area contributed by atoms with Gasteiger partial charge in [0.1, 0.15) is 42.6 Å². The Balaban J connectivity index is 1.29. The number of hydrogen-bond acceptors (Lipinski definition) is 17. The molecule has 13 N–H and O–H groups in total. The largest absolute Gasteiger partial charge is 0.394 e. The van der Waals surface area contributed by atoms with Crippen molar-refractivity contribution in [2.24, 2.45) is 0 Å². The van der Waals surface area contributed by atoms with Crippen LogP contribution in [0.5, 0.6) is 0 Å². The number of amides is 8. The predicted molar refractivity (Wildman–Crippen MR) is 282 cm³/mol. The van der Waals surface area contributed by atoms with E-state index in [4.69, 9.17) is 9.47 Å². The first kappa shape index (κ1) is 65.4. The maximum atomic E-state index is 13.9. The molecule has 0 saturated heterocycles. The second kappa shape index (κ2) is 40.3. The maximum absolute atomic E-state index is 13.9. The highest BCUT2D eigenvalue weighted by Gasteiger charge is 2.33. The number of imidazole rings is 2. The van der Waals surface area contributed by atoms with Crippen LogP contribution in [0.15, 0.2) is 25.0 Å². The van der Waals surface area contributed by atoms with Gasteiger partial charge in [-0.25, -0.2) is 15.1 Å². The van der Waals surface area contributed by atoms with E-state index in [1.54, 1.807) is 0 Å². The summed E-state index contributed by atoms with van der Waals surface area (Å²) < 4.78 is 10.7. The lowest BCUT2D eigenvalue weighted by Gasteiger charge is -2.26. The van der Waals surface area contributed by atoms with E-state index in [9.17, 15) is 48.6 Å². The van der Waals surface area contributed by atoms with E-state index in [1.807, 2.05) is 6.92 Å². The lowest BCUT2D eigenvalue weighted by Crippen LogP contribution is -2.61. The Hall–Kier alpha value is -6.91. The van der Waals surface area contributed by atoms with E-state index in [-0.39, 0.29) is 38.6 Å². The van der Waals surface area contributed by atoms with E-state index in [2.05, 4.69) is 83.1 Å². The van der Waals surface area contributed by atoms with Gasteiger partial charge in [-0.2, -0.15) is 0 Å². The summed E-state index contributed by atoms with van der Waals surface area (Å²) in [5.74, 6) is -4.81. The van der Waals surface area contributed by atoms with Gasteiger partial charge in [-0.05, 0) is 29.7 Å². The van der Waals surface area contributed by atoms with Crippen LogP contribution in [0.3, 0.4) is 0 Å². The van der Waals surface area contributed by atoms with Crippen LogP contribution in [0.1, 0.15) is 133 Å². The third-order valence-corrected chi connectivity index (χ3v) is 12.4. The van der Waals surface area contributed by atoms with Gasteiger partial charge in [-0.3, -0.25) is 38.4 Å². The van der Waals surface area contributed by atoms with Crippen LogP contribution >= 0.6 is 0 Å². The number of aliphatic hydroxyl groups is 2. The minimum absolute atomic E-state index is 0.0292. The molecule has 3 heterocycles. The summed E-state index contributed by atoms with van der Waals surface area (Å²) in [6.45, 7) is -0.191. The average Bonchev–Trinajstić information content (AvgIpc) is 4.27. The van der Waals surface area contributed by atoms with Crippen LogP contribution in [0.4, 0.5) is 0 Å². The topological polar surface area (TPSA) is 404 Å². The number of carbonyl (C=O) groups is 8. The first-order valence-electron chi connectivity index (χ1n) is 27.2. The smallest absolute Gasteiger partial charge is 0.246 e. The molecule has 0 radical (unpaired) electrons. The summed E-state index contributed by atoms with van der Waals surface area (Å²) in [5, 5.41) is 53.9. The fourth-order valence-corrected chi connectivity index (χ4v) is 7.99. The Morgan fingerprint density at radius 1 is 0.564 bits per heavy atom. The fraction of sp³-hybridized carbons (Fsp3) is 0.700. The van der Waals surface area contributed by atoms with Gasteiger partial charge in [-0.1, -0.05) is 90.4 Å². The highest BCUT2D eigenvalue weighted by atomic mass is 16.5. The SMILES string of the molecule is CCCC[C@H](NC(=O)[C@H](Cc1c[nH]cn1)NC(=O)[C@H](Cc1c[nH]cn1)NC(=O)[C@@H](CO)NC(=O)[C@H](CO)NC(=O)CNC(=O)COCCOCCNC(=O)CCCCCCCCCCCCCCCc1nnn[nH]1)C(=O)NC. The number of H-pyrrole nitrogens is 3. The van der Waals surface area contributed by atoms with E-state index >= 15 is 0 Å². The molecule has 0 aliphatic carbocycles. The first-order chi connectivity index (χ1) is 37.9. The number of rotatable bonds is 45. The number of aryl methyl sites for hydroxylation is 1. The number of hydrogen-bond donors (Lipinski definition) is 13. The van der Waals surface area contributed by atoms with Crippen LogP contribution in [0, 0.1) is 0 Å². The van der Waals surface area contributed by atoms with Gasteiger partial charge in [0.25, 0.3) is 0 Å². The van der Waals surface area contributed by atoms with Crippen molar-refractivity contribution in [2.75, 3.05) is 59.8 Å². The molecule has 28 heteroatoms.